The van der Waals surface area contributed by atoms with Gasteiger partial charge < -0.3 is 15.5 Å². The molecule has 1 saturated heterocycles. The van der Waals surface area contributed by atoms with Crippen molar-refractivity contribution in [3.63, 3.8) is 0 Å². The van der Waals surface area contributed by atoms with Gasteiger partial charge in [0.15, 0.2) is 12.4 Å². The fourth-order valence-corrected chi connectivity index (χ4v) is 4.39. The van der Waals surface area contributed by atoms with E-state index in [1.54, 1.807) is 17.0 Å². The smallest absolute Gasteiger partial charge is 0.263 e. The lowest BCUT2D eigenvalue weighted by atomic mass is 10.2. The second-order valence-electron chi connectivity index (χ2n) is 6.35. The molecule has 10 heteroatoms. The van der Waals surface area contributed by atoms with Crippen LogP contribution in [0.2, 0.25) is 5.02 Å². The summed E-state index contributed by atoms with van der Waals surface area (Å²) in [6.07, 6.45) is 0. The number of carbonyl (C=O) groups is 1. The Kier molecular flexibility index (Phi) is 6.73. The molecule has 0 aromatic heterocycles. The number of amidine groups is 1. The van der Waals surface area contributed by atoms with Crippen LogP contribution in [0.5, 0.6) is 0 Å². The second-order valence-corrected chi connectivity index (χ2v) is 8.73. The van der Waals surface area contributed by atoms with Crippen molar-refractivity contribution in [3.05, 3.63) is 65.2 Å². The molecule has 1 aliphatic rings. The number of rotatable bonds is 6. The Bertz CT molecular complexity index is 973. The molecule has 0 aliphatic carbocycles. The summed E-state index contributed by atoms with van der Waals surface area (Å²) in [5, 5.41) is 4.23. The highest BCUT2D eigenvalue weighted by Crippen LogP contribution is 2.19. The molecule has 1 fully saturated rings. The van der Waals surface area contributed by atoms with Crippen LogP contribution >= 0.6 is 11.6 Å². The topological polar surface area (TPSA) is 105 Å². The van der Waals surface area contributed by atoms with Gasteiger partial charge in [0.2, 0.25) is 10.0 Å². The predicted octanol–water partition coefficient (Wildman–Crippen LogP) is 1.51. The summed E-state index contributed by atoms with van der Waals surface area (Å²) in [5.41, 5.74) is 6.50. The van der Waals surface area contributed by atoms with E-state index >= 15 is 0 Å². The fourth-order valence-electron chi connectivity index (χ4n) is 2.84. The maximum absolute atomic E-state index is 12.7. The quantitative estimate of drug-likeness (QED) is 0.419. The molecule has 29 heavy (non-hydrogen) atoms. The Morgan fingerprint density at radius 2 is 1.66 bits per heavy atom. The number of hydrogen-bond acceptors (Lipinski definition) is 5. The van der Waals surface area contributed by atoms with Gasteiger partial charge in [-0.2, -0.15) is 4.31 Å². The van der Waals surface area contributed by atoms with Crippen molar-refractivity contribution in [2.24, 2.45) is 10.9 Å². The zero-order valence-corrected chi connectivity index (χ0v) is 17.1. The number of sulfonamides is 1. The summed E-state index contributed by atoms with van der Waals surface area (Å²) < 4.78 is 26.7. The van der Waals surface area contributed by atoms with E-state index in [0.29, 0.717) is 10.6 Å². The summed E-state index contributed by atoms with van der Waals surface area (Å²) in [6.45, 7) is 0.676. The first-order valence-corrected chi connectivity index (χ1v) is 10.7. The number of carbonyl (C=O) groups excluding carboxylic acids is 1. The highest BCUT2D eigenvalue weighted by molar-refractivity contribution is 7.89. The standard InChI is InChI=1S/C19H21ClN4O4S/c20-16-6-8-17(9-7-16)29(26,27)24-12-10-23(11-13-24)18(25)14-28-22-19(21)15-4-2-1-3-5-15/h1-9H,10-14H2,(H2,21,22). The minimum atomic E-state index is -3.62. The molecule has 0 spiro atoms. The van der Waals surface area contributed by atoms with E-state index in [0.717, 1.165) is 0 Å². The molecule has 154 valence electrons. The molecule has 8 nitrogen and oxygen atoms in total. The first-order valence-electron chi connectivity index (χ1n) is 8.92. The Hall–Kier alpha value is -2.62. The highest BCUT2D eigenvalue weighted by atomic mass is 35.5. The number of amides is 1. The summed E-state index contributed by atoms with van der Waals surface area (Å²) in [7, 11) is -3.62. The van der Waals surface area contributed by atoms with Crippen LogP contribution in [0, 0.1) is 0 Å². The van der Waals surface area contributed by atoms with Crippen LogP contribution in [0.15, 0.2) is 64.6 Å². The lowest BCUT2D eigenvalue weighted by Gasteiger charge is -2.33. The van der Waals surface area contributed by atoms with Crippen molar-refractivity contribution < 1.29 is 18.0 Å². The first kappa shape index (κ1) is 21.1. The summed E-state index contributed by atoms with van der Waals surface area (Å²) in [5.74, 6) is -0.101. The van der Waals surface area contributed by atoms with Gasteiger partial charge in [-0.15, -0.1) is 0 Å². The molecule has 1 aliphatic heterocycles. The predicted molar refractivity (Wildman–Crippen MR) is 110 cm³/mol. The van der Waals surface area contributed by atoms with Crippen LogP contribution < -0.4 is 5.73 Å². The zero-order chi connectivity index (χ0) is 20.9. The van der Waals surface area contributed by atoms with E-state index in [1.165, 1.54) is 28.6 Å². The molecule has 2 aromatic rings. The van der Waals surface area contributed by atoms with Crippen LogP contribution in [-0.4, -0.2) is 62.2 Å². The van der Waals surface area contributed by atoms with Gasteiger partial charge in [-0.3, -0.25) is 4.79 Å². The average Bonchev–Trinajstić information content (AvgIpc) is 2.74. The Morgan fingerprint density at radius 3 is 2.28 bits per heavy atom. The van der Waals surface area contributed by atoms with Crippen molar-refractivity contribution in [1.82, 2.24) is 9.21 Å². The normalized spacial score (nSPS) is 15.9. The second kappa shape index (κ2) is 9.25. The van der Waals surface area contributed by atoms with Crippen LogP contribution in [0.4, 0.5) is 0 Å². The van der Waals surface area contributed by atoms with Crippen LogP contribution in [-0.2, 0) is 19.7 Å². The van der Waals surface area contributed by atoms with Gasteiger partial charge in [-0.1, -0.05) is 47.1 Å². The molecule has 1 amide bonds. The summed E-state index contributed by atoms with van der Waals surface area (Å²) >= 11 is 5.82. The molecule has 3 rings (SSSR count). The van der Waals surface area contributed by atoms with Crippen LogP contribution in [0.25, 0.3) is 0 Å². The van der Waals surface area contributed by atoms with Crippen molar-refractivity contribution in [3.8, 4) is 0 Å². The number of benzene rings is 2. The number of halogens is 1. The summed E-state index contributed by atoms with van der Waals surface area (Å²) in [6, 6.07) is 15.1. The van der Waals surface area contributed by atoms with Crippen molar-refractivity contribution in [2.45, 2.75) is 4.90 Å². The van der Waals surface area contributed by atoms with Crippen LogP contribution in [0.3, 0.4) is 0 Å². The number of hydrogen-bond donors (Lipinski definition) is 1. The number of nitrogens with two attached hydrogens (primary N) is 1. The van der Waals surface area contributed by atoms with E-state index < -0.39 is 10.0 Å². The maximum Gasteiger partial charge on any atom is 0.263 e. The lowest BCUT2D eigenvalue weighted by molar-refractivity contribution is -0.137. The van der Waals surface area contributed by atoms with E-state index in [9.17, 15) is 13.2 Å². The van der Waals surface area contributed by atoms with Gasteiger partial charge in [0.05, 0.1) is 4.90 Å². The third kappa shape index (κ3) is 5.26. The van der Waals surface area contributed by atoms with Gasteiger partial charge in [0, 0.05) is 36.8 Å². The number of nitrogens with zero attached hydrogens (tertiary/aromatic N) is 3. The largest absolute Gasteiger partial charge is 0.384 e. The Labute approximate surface area is 174 Å². The molecular formula is C19H21ClN4O4S. The molecular weight excluding hydrogens is 416 g/mol. The van der Waals surface area contributed by atoms with E-state index in [1.807, 2.05) is 18.2 Å². The molecule has 2 aromatic carbocycles. The molecule has 0 radical (unpaired) electrons. The average molecular weight is 437 g/mol. The lowest BCUT2D eigenvalue weighted by Crippen LogP contribution is -2.51. The third-order valence-corrected chi connectivity index (χ3v) is 6.63. The molecule has 1 heterocycles. The fraction of sp³-hybridized carbons (Fsp3) is 0.263. The SMILES string of the molecule is N/C(=N\OCC(=O)N1CCN(S(=O)(=O)c2ccc(Cl)cc2)CC1)c1ccccc1. The van der Waals surface area contributed by atoms with Gasteiger partial charge in [-0.05, 0) is 24.3 Å². The first-order chi connectivity index (χ1) is 13.9. The Morgan fingerprint density at radius 1 is 1.03 bits per heavy atom. The monoisotopic (exact) mass is 436 g/mol. The van der Waals surface area contributed by atoms with Gasteiger partial charge in [0.25, 0.3) is 5.91 Å². The van der Waals surface area contributed by atoms with Gasteiger partial charge >= 0.3 is 0 Å². The van der Waals surface area contributed by atoms with E-state index in [4.69, 9.17) is 22.2 Å². The molecule has 2 N–H and O–H groups in total. The van der Waals surface area contributed by atoms with Gasteiger partial charge in [-0.25, -0.2) is 8.42 Å². The van der Waals surface area contributed by atoms with E-state index in [2.05, 4.69) is 5.16 Å². The highest BCUT2D eigenvalue weighted by Gasteiger charge is 2.30. The molecule has 0 saturated carbocycles. The molecule has 0 bridgehead atoms. The van der Waals surface area contributed by atoms with Crippen molar-refractivity contribution >= 4 is 33.4 Å². The third-order valence-electron chi connectivity index (χ3n) is 4.46. The minimum Gasteiger partial charge on any atom is -0.384 e. The zero-order valence-electron chi connectivity index (χ0n) is 15.6. The van der Waals surface area contributed by atoms with E-state index in [-0.39, 0.29) is 49.4 Å². The number of oxime groups is 1. The van der Waals surface area contributed by atoms with Crippen LogP contribution in [0.1, 0.15) is 5.56 Å². The molecule has 0 atom stereocenters. The van der Waals surface area contributed by atoms with Crippen molar-refractivity contribution in [1.29, 1.82) is 0 Å². The van der Waals surface area contributed by atoms with Crippen molar-refractivity contribution in [2.75, 3.05) is 32.8 Å². The maximum atomic E-state index is 12.7. The summed E-state index contributed by atoms with van der Waals surface area (Å²) in [4.78, 5) is 19.1. The molecule has 0 unspecified atom stereocenters. The number of piperazine rings is 1. The minimum absolute atomic E-state index is 0.177. The van der Waals surface area contributed by atoms with Gasteiger partial charge in [0.1, 0.15) is 0 Å². The Balaban J connectivity index is 1.51.